The summed E-state index contributed by atoms with van der Waals surface area (Å²) in [5.74, 6) is 0. The number of carbonyl (C=O) groups excluding carboxylic acids is 6. The zero-order valence-corrected chi connectivity index (χ0v) is 75.2. The Morgan fingerprint density at radius 2 is 0.479 bits per heavy atom. The Labute approximate surface area is 735 Å². The van der Waals surface area contributed by atoms with E-state index in [9.17, 15) is 49.0 Å². The number of rotatable bonds is 41. The second-order valence-corrected chi connectivity index (χ2v) is 30.4. The number of amides is 12. The van der Waals surface area contributed by atoms with E-state index < -0.39 is 54.6 Å². The zero-order valence-electron chi connectivity index (χ0n) is 69.1. The number of quaternary nitrogens is 2. The van der Waals surface area contributed by atoms with Gasteiger partial charge in [0.05, 0.1) is 108 Å². The van der Waals surface area contributed by atoms with E-state index in [4.69, 9.17) is 74.3 Å². The van der Waals surface area contributed by atoms with Crippen molar-refractivity contribution in [2.45, 2.75) is 181 Å². The lowest BCUT2D eigenvalue weighted by molar-refractivity contribution is -0.929. The number of para-hydroxylation sites is 8. The van der Waals surface area contributed by atoms with Crippen molar-refractivity contribution >= 4 is 174 Å². The first-order valence-electron chi connectivity index (χ1n) is 39.5. The molecule has 0 atom stereocenters. The van der Waals surface area contributed by atoms with Crippen molar-refractivity contribution in [1.82, 2.24) is 10.6 Å². The second-order valence-electron chi connectivity index (χ2n) is 26.4. The largest absolute Gasteiger partial charge is 1.00 e. The number of urea groups is 6. The Morgan fingerprint density at radius 1 is 0.308 bits per heavy atom. The highest BCUT2D eigenvalue weighted by atomic mass is 35.6. The summed E-state index contributed by atoms with van der Waals surface area (Å²) in [4.78, 5) is 97.8. The molecule has 0 heterocycles. The quantitative estimate of drug-likeness (QED) is 0.00563. The van der Waals surface area contributed by atoms with E-state index in [1.54, 1.807) is 97.1 Å². The molecule has 0 bridgehead atoms. The molecule has 654 valence electrons. The molecule has 0 radical (unpaired) electrons. The molecular formula is C82H124Cl8N16O11. The Bertz CT molecular complexity index is 3420. The van der Waals surface area contributed by atoms with Gasteiger partial charge in [-0.3, -0.25) is 20.2 Å². The smallest absolute Gasteiger partial charge is 0.323 e. The molecule has 0 fully saturated rings. The zero-order chi connectivity index (χ0) is 85.7. The highest BCUT2D eigenvalue weighted by molar-refractivity contribution is 6.63. The van der Waals surface area contributed by atoms with E-state index in [0.717, 1.165) is 13.2 Å². The lowest BCUT2D eigenvalue weighted by Gasteiger charge is -2.39. The normalized spacial score (nSPS) is 10.4. The van der Waals surface area contributed by atoms with Gasteiger partial charge in [0, 0.05) is 61.9 Å². The summed E-state index contributed by atoms with van der Waals surface area (Å²) in [7, 11) is 0. The summed E-state index contributed by atoms with van der Waals surface area (Å²) in [6.07, 6.45) is 22.1. The van der Waals surface area contributed by atoms with Crippen LogP contribution in [0, 0.1) is 20.2 Å². The predicted molar refractivity (Wildman–Crippen MR) is 480 cm³/mol. The van der Waals surface area contributed by atoms with Crippen LogP contribution in [0.3, 0.4) is 0 Å². The molecule has 0 spiro atoms. The maximum Gasteiger partial charge on any atom is 0.323 e. The van der Waals surface area contributed by atoms with Crippen molar-refractivity contribution < 1.29 is 77.1 Å². The van der Waals surface area contributed by atoms with Crippen molar-refractivity contribution in [3.05, 3.63) is 166 Å². The molecule has 0 aliphatic heterocycles. The van der Waals surface area contributed by atoms with E-state index in [1.165, 1.54) is 213 Å². The van der Waals surface area contributed by atoms with Crippen molar-refractivity contribution in [3.63, 3.8) is 0 Å². The fourth-order valence-electron chi connectivity index (χ4n) is 11.4. The van der Waals surface area contributed by atoms with Gasteiger partial charge in [-0.2, -0.15) is 0 Å². The SMILES string of the molecule is CCCC[N+](CCCC)(CCCC)CCCC.CCCC[N+](CCCC)(CCCC)CCCC.CCOCC.ClC(Cl)Cl.ClC(Cl)Cl.O=C(NCCNC(=O)Nc1ccccc1NC(=O)Nc1ccccc1NC(=O)Nc1ccc([N+](=O)[O-])cc1)Nc1ccccc1NC(=O)Nc1ccccc1NC(=O)Nc1ccc([N+](=O)[O-])cc1.[Cl-].[Cl-]. The average Bonchev–Trinajstić information content (AvgIpc) is 0.855. The third-order valence-electron chi connectivity index (χ3n) is 17.4. The minimum atomic E-state index is -0.750. The van der Waals surface area contributed by atoms with E-state index >= 15 is 0 Å². The average molecular weight is 1790 g/mol. The van der Waals surface area contributed by atoms with Crippen molar-refractivity contribution in [2.24, 2.45) is 0 Å². The molecule has 0 unspecified atom stereocenters. The van der Waals surface area contributed by atoms with Gasteiger partial charge >= 0.3 is 36.2 Å². The van der Waals surface area contributed by atoms with Crippen LogP contribution in [0.1, 0.15) is 172 Å². The van der Waals surface area contributed by atoms with Crippen molar-refractivity contribution in [2.75, 3.05) is 132 Å². The molecule has 12 amide bonds. The maximum atomic E-state index is 13.1. The number of halogens is 8. The lowest BCUT2D eigenvalue weighted by Crippen LogP contribution is -3.00. The van der Waals surface area contributed by atoms with Crippen LogP contribution in [-0.4, -0.2) is 142 Å². The summed E-state index contributed by atoms with van der Waals surface area (Å²) in [6.45, 7) is 35.7. The number of ether oxygens (including phenoxy) is 1. The highest BCUT2D eigenvalue weighted by Crippen LogP contribution is 2.28. The van der Waals surface area contributed by atoms with Gasteiger partial charge in [-0.1, -0.05) is 225 Å². The van der Waals surface area contributed by atoms with Gasteiger partial charge in [0.1, 0.15) is 0 Å². The molecule has 27 nitrogen and oxygen atoms in total. The van der Waals surface area contributed by atoms with E-state index in [2.05, 4.69) is 119 Å². The van der Waals surface area contributed by atoms with Crippen LogP contribution in [0.4, 0.5) is 97.0 Å². The monoisotopic (exact) mass is 1790 g/mol. The first-order chi connectivity index (χ1) is 55.2. The molecule has 0 saturated heterocycles. The molecule has 117 heavy (non-hydrogen) atoms. The Kier molecular flexibility index (Phi) is 64.3. The van der Waals surface area contributed by atoms with Crippen LogP contribution >= 0.6 is 69.6 Å². The van der Waals surface area contributed by atoms with Crippen LogP contribution in [0.2, 0.25) is 0 Å². The second kappa shape index (κ2) is 67.8. The summed E-state index contributed by atoms with van der Waals surface area (Å²) in [5.41, 5.74) is 2.18. The molecule has 0 aromatic heterocycles. The van der Waals surface area contributed by atoms with Crippen LogP contribution < -0.4 is 88.6 Å². The molecular weight excluding hydrogens is 1670 g/mol. The van der Waals surface area contributed by atoms with Gasteiger partial charge in [0.25, 0.3) is 11.4 Å². The number of hydrogen-bond donors (Lipinski definition) is 12. The number of alkyl halides is 6. The van der Waals surface area contributed by atoms with E-state index in [1.807, 2.05) is 13.8 Å². The number of nitrogens with zero attached hydrogens (tertiary/aromatic N) is 4. The summed E-state index contributed by atoms with van der Waals surface area (Å²) >= 11 is 28.8. The molecule has 12 N–H and O–H groups in total. The fourth-order valence-corrected chi connectivity index (χ4v) is 11.4. The standard InChI is InChI=1S/C44H40N14O10.2C16H36N.C4H10O.2CHCl3.2ClH/c59-39(49-31-9-1-3-11-33(31)53-43(63)55-37-15-7-5-13-35(37)51-41(61)47-27-17-21-29(22-18-27)57(65)66)45-25-26-46-40(60)50-32-10-2-4-12-34(32)54-44(64)56-38-16-8-6-14-36(38)52-42(62)48-28-19-23-30(24-20-28)58(67)68;2*1-5-9-13-17(14-10-6-2,15-11-7-3)16-12-8-4;1-3-5-4-2;2*2-1(3)4;;/h1-24H,25-26H2,(H2,45,49,59)(H2,46,50,60)(H2,47,51,61)(H2,48,52,62)(H2,53,55,63)(H2,54,56,64);2*5-16H2,1-4H3;3-4H2,1-2H3;2*1H;2*1H/q;2*+1;;;;;/p-2. The molecule has 0 saturated carbocycles. The number of anilines is 10. The summed E-state index contributed by atoms with van der Waals surface area (Å²) < 4.78 is 6.17. The third-order valence-corrected chi connectivity index (χ3v) is 17.4. The maximum absolute atomic E-state index is 13.1. The topological polar surface area (TPSA) is 342 Å². The Morgan fingerprint density at radius 3 is 0.632 bits per heavy atom. The van der Waals surface area contributed by atoms with E-state index in [0.29, 0.717) is 11.4 Å². The minimum Gasteiger partial charge on any atom is -1.00 e. The molecule has 0 aliphatic carbocycles. The number of non-ortho nitro benzene ring substituents is 2. The van der Waals surface area contributed by atoms with Gasteiger partial charge in [-0.05, 0) is 138 Å². The molecule has 6 aromatic carbocycles. The Hall–Kier alpha value is -8.06. The van der Waals surface area contributed by atoms with Crippen LogP contribution in [0.25, 0.3) is 0 Å². The summed E-state index contributed by atoms with van der Waals surface area (Å²) in [5, 5.41) is 53.2. The minimum absolute atomic E-state index is 0. The molecule has 0 aliphatic rings. The number of nitro groups is 2. The molecule has 35 heteroatoms. The number of benzene rings is 6. The number of nitro benzene ring substituents is 2. The molecule has 6 rings (SSSR count). The van der Waals surface area contributed by atoms with Crippen molar-refractivity contribution in [1.29, 1.82) is 0 Å². The van der Waals surface area contributed by atoms with Gasteiger partial charge in [0.15, 0.2) is 8.59 Å². The molecule has 6 aromatic rings. The van der Waals surface area contributed by atoms with Crippen LogP contribution in [0.15, 0.2) is 146 Å². The highest BCUT2D eigenvalue weighted by Gasteiger charge is 2.27. The van der Waals surface area contributed by atoms with Crippen molar-refractivity contribution in [3.8, 4) is 0 Å². The Balaban J connectivity index is 0. The lowest BCUT2D eigenvalue weighted by atomic mass is 10.1. The number of nitrogens with one attached hydrogen (secondary N) is 12. The number of unbranched alkanes of at least 4 members (excludes halogenated alkanes) is 8. The van der Waals surface area contributed by atoms with Gasteiger partial charge in [-0.15, -0.1) is 0 Å². The first kappa shape index (κ1) is 111. The first-order valence-corrected chi connectivity index (χ1v) is 42.2. The van der Waals surface area contributed by atoms with E-state index in [-0.39, 0.29) is 94.8 Å². The summed E-state index contributed by atoms with van der Waals surface area (Å²) in [6, 6.07) is 31.8. The third kappa shape index (κ3) is 51.8. The van der Waals surface area contributed by atoms with Gasteiger partial charge in [0.2, 0.25) is 0 Å². The van der Waals surface area contributed by atoms with Gasteiger partial charge in [-0.25, -0.2) is 28.8 Å². The number of carbonyl (C=O) groups is 6. The fraction of sp³-hybridized carbons (Fsp3) is 0.488. The number of hydrogen-bond acceptors (Lipinski definition) is 11. The van der Waals surface area contributed by atoms with Crippen LogP contribution in [0.5, 0.6) is 0 Å². The predicted octanol–water partition coefficient (Wildman–Crippen LogP) is 18.1. The van der Waals surface area contributed by atoms with Crippen LogP contribution in [-0.2, 0) is 4.74 Å². The van der Waals surface area contributed by atoms with Gasteiger partial charge < -0.3 is 102 Å².